The molecule has 1 aliphatic heterocycles. The molecule has 0 atom stereocenters. The van der Waals surface area contributed by atoms with Crippen molar-refractivity contribution in [2.75, 3.05) is 6.54 Å². The van der Waals surface area contributed by atoms with Crippen molar-refractivity contribution in [3.05, 3.63) is 82.1 Å². The van der Waals surface area contributed by atoms with Gasteiger partial charge in [-0.2, -0.15) is 0 Å². The predicted octanol–water partition coefficient (Wildman–Crippen LogP) is 4.00. The highest BCUT2D eigenvalue weighted by molar-refractivity contribution is 7.10. The van der Waals surface area contributed by atoms with Gasteiger partial charge in [0.2, 0.25) is 0 Å². The highest BCUT2D eigenvalue weighted by Gasteiger charge is 2.10. The molecule has 0 radical (unpaired) electrons. The number of hydrogen-bond donors (Lipinski definition) is 2. The van der Waals surface area contributed by atoms with Crippen LogP contribution < -0.4 is 5.32 Å². The van der Waals surface area contributed by atoms with Crippen molar-refractivity contribution in [3.8, 4) is 0 Å². The lowest BCUT2D eigenvalue weighted by atomic mass is 10.1. The molecular formula is C19H17FN4S. The zero-order valence-corrected chi connectivity index (χ0v) is 14.3. The zero-order chi connectivity index (χ0) is 17.5. The minimum Gasteiger partial charge on any atom is -0.378 e. The molecule has 0 bridgehead atoms. The van der Waals surface area contributed by atoms with Gasteiger partial charge in [0, 0.05) is 29.9 Å². The Balaban J connectivity index is 1.81. The largest absolute Gasteiger partial charge is 0.378 e. The topological polar surface area (TPSA) is 61.1 Å². The van der Waals surface area contributed by atoms with Gasteiger partial charge < -0.3 is 10.7 Å². The van der Waals surface area contributed by atoms with E-state index in [0.717, 1.165) is 10.6 Å². The molecule has 0 amide bonds. The van der Waals surface area contributed by atoms with Crippen molar-refractivity contribution in [2.24, 2.45) is 4.99 Å². The minimum absolute atomic E-state index is 0.255. The first-order valence-corrected chi connectivity index (χ1v) is 8.65. The summed E-state index contributed by atoms with van der Waals surface area (Å²) in [5.74, 6) is -0.255. The quantitative estimate of drug-likeness (QED) is 0.772. The molecule has 0 spiro atoms. The van der Waals surface area contributed by atoms with Gasteiger partial charge in [-0.25, -0.2) is 9.37 Å². The van der Waals surface area contributed by atoms with Gasteiger partial charge in [0.05, 0.1) is 18.0 Å². The number of benzene rings is 1. The van der Waals surface area contributed by atoms with Gasteiger partial charge in [0.1, 0.15) is 10.8 Å². The molecule has 0 saturated carbocycles. The lowest BCUT2D eigenvalue weighted by molar-refractivity contribution is 0.605. The Labute approximate surface area is 149 Å². The van der Waals surface area contributed by atoms with Crippen LogP contribution in [-0.2, 0) is 6.54 Å². The SMILES string of the molecule is N=C(/C=C(\NCc1ccccc1F)c1nccs1)C1=CC=CC=NC1. The van der Waals surface area contributed by atoms with Crippen molar-refractivity contribution in [3.63, 3.8) is 0 Å². The third-order valence-electron chi connectivity index (χ3n) is 3.59. The second-order valence-electron chi connectivity index (χ2n) is 5.32. The highest BCUT2D eigenvalue weighted by atomic mass is 32.1. The second-order valence-corrected chi connectivity index (χ2v) is 6.22. The van der Waals surface area contributed by atoms with Crippen molar-refractivity contribution >= 4 is 29.0 Å². The summed E-state index contributed by atoms with van der Waals surface area (Å²) >= 11 is 1.47. The summed E-state index contributed by atoms with van der Waals surface area (Å²) in [7, 11) is 0. The number of aliphatic imine (C=N–C) groups is 1. The summed E-state index contributed by atoms with van der Waals surface area (Å²) in [6.45, 7) is 0.781. The molecule has 25 heavy (non-hydrogen) atoms. The van der Waals surface area contributed by atoms with Gasteiger partial charge in [-0.15, -0.1) is 11.3 Å². The van der Waals surface area contributed by atoms with Crippen LogP contribution in [0.4, 0.5) is 4.39 Å². The van der Waals surface area contributed by atoms with Crippen molar-refractivity contribution < 1.29 is 4.39 Å². The first-order chi connectivity index (χ1) is 12.2. The molecule has 2 heterocycles. The summed E-state index contributed by atoms with van der Waals surface area (Å²) < 4.78 is 13.8. The summed E-state index contributed by atoms with van der Waals surface area (Å²) in [6, 6.07) is 6.64. The van der Waals surface area contributed by atoms with E-state index < -0.39 is 0 Å². The van der Waals surface area contributed by atoms with Crippen LogP contribution in [0.1, 0.15) is 10.6 Å². The number of hydrogen-bond acceptors (Lipinski definition) is 5. The molecule has 0 fully saturated rings. The molecule has 0 aliphatic carbocycles. The Morgan fingerprint density at radius 1 is 1.32 bits per heavy atom. The summed E-state index contributed by atoms with van der Waals surface area (Å²) in [4.78, 5) is 8.52. The monoisotopic (exact) mass is 352 g/mol. The van der Waals surface area contributed by atoms with E-state index in [1.807, 2.05) is 23.6 Å². The fourth-order valence-corrected chi connectivity index (χ4v) is 2.91. The number of halogens is 1. The van der Waals surface area contributed by atoms with Crippen LogP contribution in [0.15, 0.2) is 70.7 Å². The van der Waals surface area contributed by atoms with Crippen LogP contribution in [0.3, 0.4) is 0 Å². The maximum absolute atomic E-state index is 13.8. The van der Waals surface area contributed by atoms with Gasteiger partial charge in [0.15, 0.2) is 0 Å². The zero-order valence-electron chi connectivity index (χ0n) is 13.4. The van der Waals surface area contributed by atoms with Crippen LogP contribution >= 0.6 is 11.3 Å². The lowest BCUT2D eigenvalue weighted by Crippen LogP contribution is -2.15. The maximum Gasteiger partial charge on any atom is 0.139 e. The van der Waals surface area contributed by atoms with Crippen molar-refractivity contribution in [1.29, 1.82) is 5.41 Å². The van der Waals surface area contributed by atoms with E-state index >= 15 is 0 Å². The number of aromatic nitrogens is 1. The van der Waals surface area contributed by atoms with E-state index in [0.29, 0.717) is 30.1 Å². The number of nitrogens with one attached hydrogen (secondary N) is 2. The fourth-order valence-electron chi connectivity index (χ4n) is 2.28. The molecule has 1 aromatic heterocycles. The van der Waals surface area contributed by atoms with E-state index in [1.165, 1.54) is 17.4 Å². The molecule has 0 saturated heterocycles. The standard InChI is InChI=1S/C19H17FN4S/c20-16-7-2-1-5-14(16)13-24-18(19-23-9-10-25-19)11-17(21)15-6-3-4-8-22-12-15/h1-11,21,24H,12-13H2/b18-11-,21-17?. The molecule has 4 nitrogen and oxygen atoms in total. The van der Waals surface area contributed by atoms with Crippen molar-refractivity contribution in [2.45, 2.75) is 6.54 Å². The van der Waals surface area contributed by atoms with E-state index in [1.54, 1.807) is 36.7 Å². The molecule has 1 aromatic carbocycles. The molecule has 126 valence electrons. The Kier molecular flexibility index (Phi) is 5.64. The van der Waals surface area contributed by atoms with E-state index in [2.05, 4.69) is 15.3 Å². The normalized spacial score (nSPS) is 14.1. The van der Waals surface area contributed by atoms with Gasteiger partial charge in [-0.3, -0.25) is 4.99 Å². The highest BCUT2D eigenvalue weighted by Crippen LogP contribution is 2.17. The molecular weight excluding hydrogens is 335 g/mol. The van der Waals surface area contributed by atoms with Crippen LogP contribution in [0, 0.1) is 11.2 Å². The van der Waals surface area contributed by atoms with Crippen LogP contribution in [0.25, 0.3) is 5.70 Å². The summed E-state index contributed by atoms with van der Waals surface area (Å²) in [6.07, 6.45) is 10.7. The van der Waals surface area contributed by atoms with Crippen LogP contribution in [0.5, 0.6) is 0 Å². The fraction of sp³-hybridized carbons (Fsp3) is 0.105. The first kappa shape index (κ1) is 17.0. The average molecular weight is 352 g/mol. The van der Waals surface area contributed by atoms with Gasteiger partial charge >= 0.3 is 0 Å². The van der Waals surface area contributed by atoms with E-state index in [-0.39, 0.29) is 5.82 Å². The van der Waals surface area contributed by atoms with Crippen LogP contribution in [0.2, 0.25) is 0 Å². The Morgan fingerprint density at radius 3 is 3.00 bits per heavy atom. The van der Waals surface area contributed by atoms with E-state index in [4.69, 9.17) is 5.41 Å². The summed E-state index contributed by atoms with van der Waals surface area (Å²) in [5.41, 5.74) is 2.43. The third-order valence-corrected chi connectivity index (χ3v) is 4.39. The summed E-state index contributed by atoms with van der Waals surface area (Å²) in [5, 5.41) is 14.2. The Morgan fingerprint density at radius 2 is 2.20 bits per heavy atom. The average Bonchev–Trinajstić information content (AvgIpc) is 3.01. The predicted molar refractivity (Wildman–Crippen MR) is 102 cm³/mol. The smallest absolute Gasteiger partial charge is 0.139 e. The molecule has 6 heteroatoms. The van der Waals surface area contributed by atoms with Crippen molar-refractivity contribution in [1.82, 2.24) is 10.3 Å². The lowest BCUT2D eigenvalue weighted by Gasteiger charge is -2.11. The number of thiazole rings is 1. The molecule has 0 unspecified atom stereocenters. The maximum atomic E-state index is 13.8. The second kappa shape index (κ2) is 8.30. The van der Waals surface area contributed by atoms with Gasteiger partial charge in [-0.1, -0.05) is 30.4 Å². The molecule has 3 rings (SSSR count). The number of rotatable bonds is 6. The van der Waals surface area contributed by atoms with Gasteiger partial charge in [-0.05, 0) is 23.8 Å². The molecule has 2 N–H and O–H groups in total. The molecule has 1 aliphatic rings. The number of allylic oxidation sites excluding steroid dienone is 4. The van der Waals surface area contributed by atoms with Gasteiger partial charge in [0.25, 0.3) is 0 Å². The Hall–Kier alpha value is -2.86. The van der Waals surface area contributed by atoms with E-state index in [9.17, 15) is 4.39 Å². The minimum atomic E-state index is -0.255. The third kappa shape index (κ3) is 4.58. The van der Waals surface area contributed by atoms with Crippen LogP contribution in [-0.4, -0.2) is 23.5 Å². The first-order valence-electron chi connectivity index (χ1n) is 7.77. The molecule has 2 aromatic rings. The number of nitrogens with zero attached hydrogens (tertiary/aromatic N) is 2. The Bertz CT molecular complexity index is 863.